The van der Waals surface area contributed by atoms with E-state index in [4.69, 9.17) is 0 Å². The summed E-state index contributed by atoms with van der Waals surface area (Å²) in [6.45, 7) is 0. The highest BCUT2D eigenvalue weighted by Crippen LogP contribution is 2.24. The van der Waals surface area contributed by atoms with E-state index in [9.17, 15) is 9.18 Å². The van der Waals surface area contributed by atoms with Crippen LogP contribution in [0.3, 0.4) is 0 Å². The monoisotopic (exact) mass is 285 g/mol. The summed E-state index contributed by atoms with van der Waals surface area (Å²) >= 11 is 0. The van der Waals surface area contributed by atoms with Crippen LogP contribution in [0.5, 0.6) is 0 Å². The molecule has 0 amide bonds. The van der Waals surface area contributed by atoms with Gasteiger partial charge in [-0.1, -0.05) is 0 Å². The Balaban J connectivity index is 2.16. The van der Waals surface area contributed by atoms with Gasteiger partial charge in [-0.2, -0.15) is 0 Å². The Morgan fingerprint density at radius 3 is 2.86 bits per heavy atom. The molecule has 0 fully saturated rings. The van der Waals surface area contributed by atoms with Crippen LogP contribution in [0.1, 0.15) is 10.4 Å². The minimum Gasteiger partial charge on any atom is -0.465 e. The third kappa shape index (κ3) is 2.24. The fraction of sp³-hybridized carbons (Fsp3) is 0.133. The van der Waals surface area contributed by atoms with Gasteiger partial charge in [0.1, 0.15) is 11.6 Å². The van der Waals surface area contributed by atoms with Crippen LogP contribution in [0.4, 0.5) is 4.39 Å². The summed E-state index contributed by atoms with van der Waals surface area (Å²) in [6.07, 6.45) is 3.03. The highest BCUT2D eigenvalue weighted by Gasteiger charge is 2.13. The lowest BCUT2D eigenvalue weighted by Gasteiger charge is -2.04. The third-order valence-corrected chi connectivity index (χ3v) is 3.26. The molecule has 2 aromatic heterocycles. The molecule has 0 unspecified atom stereocenters. The number of hydrogen-bond acceptors (Lipinski definition) is 4. The van der Waals surface area contributed by atoms with E-state index in [0.29, 0.717) is 28.0 Å². The number of aryl methyl sites for hydroxylation is 1. The first-order chi connectivity index (χ1) is 10.1. The molecule has 3 rings (SSSR count). The molecule has 2 heterocycles. The van der Waals surface area contributed by atoms with E-state index in [2.05, 4.69) is 14.7 Å². The lowest BCUT2D eigenvalue weighted by Crippen LogP contribution is -2.02. The molecule has 0 aliphatic carbocycles. The van der Waals surface area contributed by atoms with Gasteiger partial charge in [-0.3, -0.25) is 4.98 Å². The van der Waals surface area contributed by atoms with Crippen molar-refractivity contribution in [3.05, 3.63) is 48.0 Å². The van der Waals surface area contributed by atoms with Crippen molar-refractivity contribution < 1.29 is 13.9 Å². The maximum absolute atomic E-state index is 13.3. The second-order valence-corrected chi connectivity index (χ2v) is 4.58. The van der Waals surface area contributed by atoms with Crippen molar-refractivity contribution >= 4 is 17.0 Å². The van der Waals surface area contributed by atoms with Gasteiger partial charge in [0.05, 0.1) is 23.7 Å². The van der Waals surface area contributed by atoms with E-state index < -0.39 is 5.97 Å². The maximum atomic E-state index is 13.3. The van der Waals surface area contributed by atoms with Gasteiger partial charge >= 0.3 is 5.97 Å². The summed E-state index contributed by atoms with van der Waals surface area (Å²) < 4.78 is 19.8. The minimum atomic E-state index is -0.464. The molecule has 0 bridgehead atoms. The van der Waals surface area contributed by atoms with Gasteiger partial charge in [0.25, 0.3) is 0 Å². The number of rotatable bonds is 2. The van der Waals surface area contributed by atoms with Gasteiger partial charge < -0.3 is 9.30 Å². The number of fused-ring (bicyclic) bond motifs is 1. The third-order valence-electron chi connectivity index (χ3n) is 3.26. The second-order valence-electron chi connectivity index (χ2n) is 4.58. The Morgan fingerprint density at radius 2 is 2.10 bits per heavy atom. The molecule has 6 heteroatoms. The van der Waals surface area contributed by atoms with Crippen molar-refractivity contribution in [3.8, 4) is 11.4 Å². The van der Waals surface area contributed by atoms with Crippen LogP contribution >= 0.6 is 0 Å². The van der Waals surface area contributed by atoms with Gasteiger partial charge in [-0.25, -0.2) is 14.2 Å². The average molecular weight is 285 g/mol. The molecule has 0 N–H and O–H groups in total. The van der Waals surface area contributed by atoms with Crippen molar-refractivity contribution in [2.75, 3.05) is 7.11 Å². The lowest BCUT2D eigenvalue weighted by molar-refractivity contribution is 0.0600. The number of imidazole rings is 1. The predicted molar refractivity (Wildman–Crippen MR) is 75.2 cm³/mol. The molecule has 0 aliphatic heterocycles. The van der Waals surface area contributed by atoms with Crippen LogP contribution in [0.25, 0.3) is 22.4 Å². The summed E-state index contributed by atoms with van der Waals surface area (Å²) in [5.74, 6) is -0.179. The number of carbonyl (C=O) groups is 1. The zero-order chi connectivity index (χ0) is 15.0. The van der Waals surface area contributed by atoms with Gasteiger partial charge in [-0.15, -0.1) is 0 Å². The zero-order valence-corrected chi connectivity index (χ0v) is 11.5. The Labute approximate surface area is 120 Å². The first-order valence-electron chi connectivity index (χ1n) is 6.26. The van der Waals surface area contributed by atoms with E-state index in [-0.39, 0.29) is 5.82 Å². The van der Waals surface area contributed by atoms with Gasteiger partial charge in [0, 0.05) is 25.0 Å². The van der Waals surface area contributed by atoms with Gasteiger partial charge in [0.15, 0.2) is 0 Å². The molecule has 0 saturated carbocycles. The van der Waals surface area contributed by atoms with Crippen molar-refractivity contribution in [2.45, 2.75) is 0 Å². The molecule has 0 radical (unpaired) electrons. The summed E-state index contributed by atoms with van der Waals surface area (Å²) in [4.78, 5) is 20.0. The number of ether oxygens (including phenoxy) is 1. The predicted octanol–water partition coefficient (Wildman–Crippen LogP) is 2.56. The molecular weight excluding hydrogens is 273 g/mol. The smallest absolute Gasteiger partial charge is 0.339 e. The van der Waals surface area contributed by atoms with E-state index >= 15 is 0 Å². The topological polar surface area (TPSA) is 57.0 Å². The molecule has 106 valence electrons. The Kier molecular flexibility index (Phi) is 3.13. The van der Waals surface area contributed by atoms with Crippen molar-refractivity contribution in [1.29, 1.82) is 0 Å². The molecule has 0 spiro atoms. The number of benzene rings is 1. The number of halogens is 1. The molecule has 0 atom stereocenters. The Hall–Kier alpha value is -2.76. The van der Waals surface area contributed by atoms with Gasteiger partial charge in [0.2, 0.25) is 0 Å². The first kappa shape index (κ1) is 13.2. The molecule has 3 aromatic rings. The number of methoxy groups -OCH3 is 1. The molecule has 21 heavy (non-hydrogen) atoms. The fourth-order valence-electron chi connectivity index (χ4n) is 2.21. The maximum Gasteiger partial charge on any atom is 0.339 e. The summed E-state index contributed by atoms with van der Waals surface area (Å²) in [5.41, 5.74) is 2.36. The lowest BCUT2D eigenvalue weighted by atomic mass is 10.2. The zero-order valence-electron chi connectivity index (χ0n) is 11.5. The second kappa shape index (κ2) is 4.97. The Morgan fingerprint density at radius 1 is 1.29 bits per heavy atom. The van der Waals surface area contributed by atoms with Crippen LogP contribution in [-0.2, 0) is 11.8 Å². The highest BCUT2D eigenvalue weighted by molar-refractivity contribution is 5.90. The number of hydrogen-bond donors (Lipinski definition) is 0. The van der Waals surface area contributed by atoms with Crippen LogP contribution in [0.2, 0.25) is 0 Å². The molecule has 0 saturated heterocycles. The normalized spacial score (nSPS) is 10.8. The quantitative estimate of drug-likeness (QED) is 0.679. The number of carbonyl (C=O) groups excluding carboxylic acids is 1. The van der Waals surface area contributed by atoms with E-state index in [0.717, 1.165) is 0 Å². The number of nitrogens with zero attached hydrogens (tertiary/aromatic N) is 3. The summed E-state index contributed by atoms with van der Waals surface area (Å²) in [7, 11) is 3.10. The first-order valence-corrected chi connectivity index (χ1v) is 6.26. The standard InChI is InChI=1S/C15H12FN3O2/c1-19-13-6-11(16)3-4-12(13)18-14(19)9-5-10(8-17-7-9)15(20)21-2/h3-8H,1-2H3. The van der Waals surface area contributed by atoms with Crippen LogP contribution in [-0.4, -0.2) is 27.6 Å². The van der Waals surface area contributed by atoms with Crippen LogP contribution in [0.15, 0.2) is 36.7 Å². The fourth-order valence-corrected chi connectivity index (χ4v) is 2.21. The van der Waals surface area contributed by atoms with E-state index in [1.54, 1.807) is 29.9 Å². The largest absolute Gasteiger partial charge is 0.465 e. The molecule has 5 nitrogen and oxygen atoms in total. The van der Waals surface area contributed by atoms with E-state index in [1.807, 2.05) is 0 Å². The van der Waals surface area contributed by atoms with E-state index in [1.165, 1.54) is 25.4 Å². The molecule has 0 aliphatic rings. The highest BCUT2D eigenvalue weighted by atomic mass is 19.1. The minimum absolute atomic E-state index is 0.321. The van der Waals surface area contributed by atoms with Crippen molar-refractivity contribution in [2.24, 2.45) is 7.05 Å². The number of aromatic nitrogens is 3. The van der Waals surface area contributed by atoms with Crippen molar-refractivity contribution in [3.63, 3.8) is 0 Å². The van der Waals surface area contributed by atoms with Crippen LogP contribution < -0.4 is 0 Å². The number of esters is 1. The summed E-state index contributed by atoms with van der Waals surface area (Å²) in [5, 5.41) is 0. The molecular formula is C15H12FN3O2. The van der Waals surface area contributed by atoms with Crippen LogP contribution in [0, 0.1) is 5.82 Å². The van der Waals surface area contributed by atoms with Crippen molar-refractivity contribution in [1.82, 2.24) is 14.5 Å². The van der Waals surface area contributed by atoms with Gasteiger partial charge in [-0.05, 0) is 24.3 Å². The molecule has 1 aromatic carbocycles. The number of pyridine rings is 1. The summed E-state index contributed by atoms with van der Waals surface area (Å²) in [6, 6.07) is 6.05. The SMILES string of the molecule is COC(=O)c1cncc(-c2nc3ccc(F)cc3n2C)c1. The Bertz CT molecular complexity index is 842. The average Bonchev–Trinajstić information content (AvgIpc) is 2.83.